The number of hydrogen-bond donors (Lipinski definition) is 2. The molecule has 1 saturated heterocycles. The monoisotopic (exact) mass is 328 g/mol. The Hall–Kier alpha value is -1.30. The smallest absolute Gasteiger partial charge is 0.223 e. The van der Waals surface area contributed by atoms with E-state index in [1.807, 2.05) is 31.2 Å². The molecule has 1 unspecified atom stereocenters. The van der Waals surface area contributed by atoms with Crippen LogP contribution in [0, 0.1) is 11.8 Å². The van der Waals surface area contributed by atoms with Crippen LogP contribution in [0.4, 0.5) is 0 Å². The molecule has 0 aliphatic carbocycles. The van der Waals surface area contributed by atoms with Crippen molar-refractivity contribution in [2.45, 2.75) is 13.5 Å². The van der Waals surface area contributed by atoms with E-state index in [-0.39, 0.29) is 24.2 Å². The van der Waals surface area contributed by atoms with Crippen LogP contribution in [0.15, 0.2) is 24.3 Å². The highest BCUT2D eigenvalue weighted by molar-refractivity contribution is 5.85. The van der Waals surface area contributed by atoms with Gasteiger partial charge in [-0.15, -0.1) is 12.4 Å². The molecule has 0 bridgehead atoms. The number of hydrogen-bond acceptors (Lipinski definition) is 4. The second-order valence-electron chi connectivity index (χ2n) is 5.41. The largest absolute Gasteiger partial charge is 0.491 e. The minimum absolute atomic E-state index is 0. The molecule has 1 fully saturated rings. The molecular weight excluding hydrogens is 304 g/mol. The van der Waals surface area contributed by atoms with Crippen LogP contribution in [0.25, 0.3) is 0 Å². The maximum atomic E-state index is 12.1. The van der Waals surface area contributed by atoms with Crippen LogP contribution in [-0.2, 0) is 16.1 Å². The highest BCUT2D eigenvalue weighted by Crippen LogP contribution is 2.17. The average molecular weight is 329 g/mol. The van der Waals surface area contributed by atoms with E-state index in [0.29, 0.717) is 25.7 Å². The Kier molecular flexibility index (Phi) is 8.24. The Bertz CT molecular complexity index is 466. The molecule has 2 N–H and O–H groups in total. The number of methoxy groups -OCH3 is 1. The predicted octanol–water partition coefficient (Wildman–Crippen LogP) is 1.61. The molecule has 6 heteroatoms. The number of rotatable bonds is 8. The van der Waals surface area contributed by atoms with Crippen molar-refractivity contribution in [1.82, 2.24) is 10.6 Å². The van der Waals surface area contributed by atoms with E-state index in [4.69, 9.17) is 9.47 Å². The SMILES string of the molecule is COCCOc1cccc(CNC(=O)C(C)C2CNC2)c1.Cl. The topological polar surface area (TPSA) is 59.6 Å². The van der Waals surface area contributed by atoms with Gasteiger partial charge in [0.1, 0.15) is 12.4 Å². The Morgan fingerprint density at radius 2 is 2.18 bits per heavy atom. The van der Waals surface area contributed by atoms with Crippen molar-refractivity contribution in [3.63, 3.8) is 0 Å². The molecule has 1 aromatic carbocycles. The van der Waals surface area contributed by atoms with E-state index in [1.165, 1.54) is 0 Å². The zero-order valence-corrected chi connectivity index (χ0v) is 13.9. The fraction of sp³-hybridized carbons (Fsp3) is 0.562. The molecule has 0 saturated carbocycles. The van der Waals surface area contributed by atoms with Crippen LogP contribution in [0.1, 0.15) is 12.5 Å². The van der Waals surface area contributed by atoms with Crippen molar-refractivity contribution in [3.8, 4) is 5.75 Å². The summed E-state index contributed by atoms with van der Waals surface area (Å²) in [6.07, 6.45) is 0. The first-order valence-electron chi connectivity index (χ1n) is 7.40. The molecule has 22 heavy (non-hydrogen) atoms. The molecule has 0 aromatic heterocycles. The maximum absolute atomic E-state index is 12.1. The minimum atomic E-state index is 0. The van der Waals surface area contributed by atoms with E-state index in [2.05, 4.69) is 10.6 Å². The molecule has 0 spiro atoms. The first kappa shape index (κ1) is 18.7. The molecule has 1 aliphatic heterocycles. The van der Waals surface area contributed by atoms with Crippen LogP contribution in [0.2, 0.25) is 0 Å². The molecule has 1 aliphatic rings. The standard InChI is InChI=1S/C16H24N2O3.ClH/c1-12(14-10-17-11-14)16(19)18-9-13-4-3-5-15(8-13)21-7-6-20-2;/h3-5,8,12,14,17H,6-7,9-11H2,1-2H3,(H,18,19);1H. The van der Waals surface area contributed by atoms with Crippen molar-refractivity contribution < 1.29 is 14.3 Å². The lowest BCUT2D eigenvalue weighted by Crippen LogP contribution is -2.49. The maximum Gasteiger partial charge on any atom is 0.223 e. The van der Waals surface area contributed by atoms with Crippen molar-refractivity contribution in [2.24, 2.45) is 11.8 Å². The van der Waals surface area contributed by atoms with Crippen LogP contribution in [0.3, 0.4) is 0 Å². The molecule has 1 atom stereocenters. The lowest BCUT2D eigenvalue weighted by molar-refractivity contribution is -0.126. The average Bonchev–Trinajstić information content (AvgIpc) is 2.43. The number of amides is 1. The van der Waals surface area contributed by atoms with Crippen molar-refractivity contribution >= 4 is 18.3 Å². The van der Waals surface area contributed by atoms with E-state index in [1.54, 1.807) is 7.11 Å². The van der Waals surface area contributed by atoms with E-state index in [0.717, 1.165) is 24.4 Å². The summed E-state index contributed by atoms with van der Waals surface area (Å²) < 4.78 is 10.5. The van der Waals surface area contributed by atoms with Crippen molar-refractivity contribution in [2.75, 3.05) is 33.4 Å². The molecule has 124 valence electrons. The number of carbonyl (C=O) groups is 1. The van der Waals surface area contributed by atoms with Gasteiger partial charge in [0, 0.05) is 19.6 Å². The lowest BCUT2D eigenvalue weighted by Gasteiger charge is -2.31. The number of nitrogens with one attached hydrogen (secondary N) is 2. The van der Waals surface area contributed by atoms with Crippen LogP contribution in [-0.4, -0.2) is 39.3 Å². The second kappa shape index (κ2) is 9.66. The summed E-state index contributed by atoms with van der Waals surface area (Å²) in [5.74, 6) is 1.45. The summed E-state index contributed by atoms with van der Waals surface area (Å²) in [6.45, 7) is 5.50. The van der Waals surface area contributed by atoms with Crippen LogP contribution in [0.5, 0.6) is 5.75 Å². The van der Waals surface area contributed by atoms with Gasteiger partial charge in [-0.25, -0.2) is 0 Å². The van der Waals surface area contributed by atoms with Gasteiger partial charge in [0.15, 0.2) is 0 Å². The Labute approximate surface area is 138 Å². The molecule has 5 nitrogen and oxygen atoms in total. The first-order chi connectivity index (χ1) is 10.2. The van der Waals surface area contributed by atoms with Gasteiger partial charge >= 0.3 is 0 Å². The zero-order chi connectivity index (χ0) is 15.1. The normalized spacial score (nSPS) is 15.4. The fourth-order valence-electron chi connectivity index (χ4n) is 2.22. The first-order valence-corrected chi connectivity index (χ1v) is 7.40. The number of carbonyl (C=O) groups excluding carboxylic acids is 1. The summed E-state index contributed by atoms with van der Waals surface area (Å²) in [5, 5.41) is 6.19. The van der Waals surface area contributed by atoms with Gasteiger partial charge in [-0.1, -0.05) is 19.1 Å². The third-order valence-corrected chi connectivity index (χ3v) is 3.86. The molecular formula is C16H25ClN2O3. The van der Waals surface area contributed by atoms with E-state index < -0.39 is 0 Å². The summed E-state index contributed by atoms with van der Waals surface area (Å²) >= 11 is 0. The highest BCUT2D eigenvalue weighted by atomic mass is 35.5. The summed E-state index contributed by atoms with van der Waals surface area (Å²) in [4.78, 5) is 12.1. The molecule has 1 aromatic rings. The van der Waals surface area contributed by atoms with Gasteiger partial charge in [-0.3, -0.25) is 4.79 Å². The molecule has 0 radical (unpaired) electrons. The molecule has 1 amide bonds. The van der Waals surface area contributed by atoms with E-state index in [9.17, 15) is 4.79 Å². The third kappa shape index (κ3) is 5.48. The summed E-state index contributed by atoms with van der Waals surface area (Å²) in [7, 11) is 1.65. The second-order valence-corrected chi connectivity index (χ2v) is 5.41. The lowest BCUT2D eigenvalue weighted by atomic mass is 9.88. The predicted molar refractivity (Wildman–Crippen MR) is 88.4 cm³/mol. The van der Waals surface area contributed by atoms with Gasteiger partial charge in [-0.05, 0) is 36.7 Å². The fourth-order valence-corrected chi connectivity index (χ4v) is 2.22. The Morgan fingerprint density at radius 1 is 1.41 bits per heavy atom. The number of ether oxygens (including phenoxy) is 2. The van der Waals surface area contributed by atoms with Crippen molar-refractivity contribution in [1.29, 1.82) is 0 Å². The van der Waals surface area contributed by atoms with Crippen LogP contribution < -0.4 is 15.4 Å². The quantitative estimate of drug-likeness (QED) is 0.712. The van der Waals surface area contributed by atoms with Gasteiger partial charge in [0.2, 0.25) is 5.91 Å². The Balaban J connectivity index is 0.00000242. The molecule has 1 heterocycles. The number of halogens is 1. The summed E-state index contributed by atoms with van der Waals surface area (Å²) in [5.41, 5.74) is 1.04. The van der Waals surface area contributed by atoms with E-state index >= 15 is 0 Å². The molecule has 2 rings (SSSR count). The summed E-state index contributed by atoms with van der Waals surface area (Å²) in [6, 6.07) is 7.77. The van der Waals surface area contributed by atoms with Gasteiger partial charge < -0.3 is 20.1 Å². The minimum Gasteiger partial charge on any atom is -0.491 e. The Morgan fingerprint density at radius 3 is 2.82 bits per heavy atom. The highest BCUT2D eigenvalue weighted by Gasteiger charge is 2.28. The van der Waals surface area contributed by atoms with Crippen LogP contribution >= 0.6 is 12.4 Å². The van der Waals surface area contributed by atoms with Gasteiger partial charge in [-0.2, -0.15) is 0 Å². The van der Waals surface area contributed by atoms with Gasteiger partial charge in [0.25, 0.3) is 0 Å². The number of benzene rings is 1. The third-order valence-electron chi connectivity index (χ3n) is 3.86. The van der Waals surface area contributed by atoms with Crippen molar-refractivity contribution in [3.05, 3.63) is 29.8 Å². The zero-order valence-electron chi connectivity index (χ0n) is 13.1. The van der Waals surface area contributed by atoms with Gasteiger partial charge in [0.05, 0.1) is 6.61 Å².